The number of aldehydes is 1. The van der Waals surface area contributed by atoms with E-state index in [1.807, 2.05) is 0 Å². The van der Waals surface area contributed by atoms with Crippen molar-refractivity contribution in [2.75, 3.05) is 0 Å². The van der Waals surface area contributed by atoms with Crippen molar-refractivity contribution < 1.29 is 4.79 Å². The topological polar surface area (TPSA) is 46.5 Å². The van der Waals surface area contributed by atoms with Crippen LogP contribution in [0.5, 0.6) is 0 Å². The fourth-order valence-electron chi connectivity index (χ4n) is 0.797. The third kappa shape index (κ3) is 2.12. The fraction of sp³-hybridized carbons (Fsp3) is 0. The Kier molecular flexibility index (Phi) is 2.90. The zero-order valence-electron chi connectivity index (χ0n) is 6.31. The van der Waals surface area contributed by atoms with Gasteiger partial charge in [0.25, 0.3) is 0 Å². The highest BCUT2D eigenvalue weighted by Crippen LogP contribution is 2.12. The molecule has 0 saturated heterocycles. The smallest absolute Gasteiger partial charge is 0.142 e. The van der Waals surface area contributed by atoms with E-state index in [1.165, 1.54) is 6.08 Å². The monoisotopic (exact) mass is 161 g/mol. The Hall–Kier alpha value is -1.77. The van der Waals surface area contributed by atoms with E-state index in [-0.39, 0.29) is 0 Å². The molecule has 0 bridgehead atoms. The van der Waals surface area contributed by atoms with Gasteiger partial charge in [0.1, 0.15) is 12.0 Å². The number of hydrogen-bond donors (Lipinski definition) is 0. The minimum atomic E-state index is 0.387. The first-order chi connectivity index (χ1) is 5.86. The molecule has 0 aromatic heterocycles. The van der Waals surface area contributed by atoms with Crippen LogP contribution in [0, 0.1) is 4.91 Å². The van der Waals surface area contributed by atoms with Crippen molar-refractivity contribution in [2.45, 2.75) is 0 Å². The van der Waals surface area contributed by atoms with E-state index in [0.29, 0.717) is 12.0 Å². The van der Waals surface area contributed by atoms with Crippen LogP contribution in [0.15, 0.2) is 35.5 Å². The second kappa shape index (κ2) is 4.18. The van der Waals surface area contributed by atoms with Crippen LogP contribution in [0.1, 0.15) is 5.56 Å². The predicted molar refractivity (Wildman–Crippen MR) is 47.0 cm³/mol. The Bertz CT molecular complexity index is 301. The first-order valence-electron chi connectivity index (χ1n) is 3.42. The van der Waals surface area contributed by atoms with Crippen LogP contribution in [-0.4, -0.2) is 6.29 Å². The minimum absolute atomic E-state index is 0.387. The highest BCUT2D eigenvalue weighted by atomic mass is 16.3. The molecule has 1 aromatic carbocycles. The first-order valence-corrected chi connectivity index (χ1v) is 3.42. The Labute approximate surface area is 69.7 Å². The molecular weight excluding hydrogens is 154 g/mol. The van der Waals surface area contributed by atoms with Crippen molar-refractivity contribution in [3.8, 4) is 0 Å². The van der Waals surface area contributed by atoms with E-state index in [9.17, 15) is 9.70 Å². The number of carbonyl (C=O) groups excluding carboxylic acids is 1. The summed E-state index contributed by atoms with van der Waals surface area (Å²) >= 11 is 0. The van der Waals surface area contributed by atoms with Gasteiger partial charge >= 0.3 is 0 Å². The molecule has 0 aliphatic carbocycles. The van der Waals surface area contributed by atoms with Gasteiger partial charge in [0, 0.05) is 0 Å². The van der Waals surface area contributed by atoms with E-state index in [4.69, 9.17) is 0 Å². The molecule has 0 fully saturated rings. The number of hydrogen-bond acceptors (Lipinski definition) is 3. The van der Waals surface area contributed by atoms with E-state index in [1.54, 1.807) is 30.3 Å². The Morgan fingerprint density at radius 3 is 2.33 bits per heavy atom. The van der Waals surface area contributed by atoms with E-state index in [0.717, 1.165) is 5.56 Å². The molecule has 0 aliphatic rings. The van der Waals surface area contributed by atoms with Crippen LogP contribution in [0.4, 0.5) is 5.69 Å². The van der Waals surface area contributed by atoms with Crippen LogP contribution in [0.3, 0.4) is 0 Å². The molecule has 0 spiro atoms. The quantitative estimate of drug-likeness (QED) is 0.388. The van der Waals surface area contributed by atoms with Crippen molar-refractivity contribution in [3.05, 3.63) is 40.8 Å². The SMILES string of the molecule is O=C/C=C/c1ccc(N=O)cc1. The first kappa shape index (κ1) is 8.33. The molecule has 1 aromatic rings. The summed E-state index contributed by atoms with van der Waals surface area (Å²) in [6, 6.07) is 6.63. The average molecular weight is 161 g/mol. The second-order valence-corrected chi connectivity index (χ2v) is 2.18. The van der Waals surface area contributed by atoms with E-state index in [2.05, 4.69) is 5.18 Å². The Morgan fingerprint density at radius 1 is 1.17 bits per heavy atom. The second-order valence-electron chi connectivity index (χ2n) is 2.18. The van der Waals surface area contributed by atoms with Crippen molar-refractivity contribution in [1.82, 2.24) is 0 Å². The Morgan fingerprint density at radius 2 is 1.83 bits per heavy atom. The molecule has 0 N–H and O–H groups in total. The zero-order valence-corrected chi connectivity index (χ0v) is 6.31. The molecule has 0 unspecified atom stereocenters. The van der Waals surface area contributed by atoms with Gasteiger partial charge in [0.15, 0.2) is 0 Å². The largest absolute Gasteiger partial charge is 0.299 e. The van der Waals surface area contributed by atoms with Crippen molar-refractivity contribution in [2.24, 2.45) is 5.18 Å². The molecule has 0 amide bonds. The molecule has 12 heavy (non-hydrogen) atoms. The molecule has 1 rings (SSSR count). The van der Waals surface area contributed by atoms with Crippen LogP contribution in [0.25, 0.3) is 6.08 Å². The van der Waals surface area contributed by atoms with Crippen LogP contribution < -0.4 is 0 Å². The van der Waals surface area contributed by atoms with Crippen molar-refractivity contribution in [1.29, 1.82) is 0 Å². The van der Waals surface area contributed by atoms with Crippen LogP contribution in [-0.2, 0) is 4.79 Å². The van der Waals surface area contributed by atoms with Crippen molar-refractivity contribution in [3.63, 3.8) is 0 Å². The maximum absolute atomic E-state index is 10.0. The van der Waals surface area contributed by atoms with Gasteiger partial charge in [-0.3, -0.25) is 4.79 Å². The average Bonchev–Trinajstić information content (AvgIpc) is 2.15. The lowest BCUT2D eigenvalue weighted by atomic mass is 10.2. The molecule has 3 heteroatoms. The summed E-state index contributed by atoms with van der Waals surface area (Å²) in [5, 5.41) is 2.75. The molecule has 60 valence electrons. The lowest BCUT2D eigenvalue weighted by Crippen LogP contribution is -1.70. The number of nitroso groups, excluding NO2 is 1. The highest BCUT2D eigenvalue weighted by molar-refractivity contribution is 5.74. The number of benzene rings is 1. The third-order valence-corrected chi connectivity index (χ3v) is 1.37. The van der Waals surface area contributed by atoms with Gasteiger partial charge in [-0.1, -0.05) is 18.2 Å². The summed E-state index contributed by atoms with van der Waals surface area (Å²) in [6.45, 7) is 0. The summed E-state index contributed by atoms with van der Waals surface area (Å²) in [6.07, 6.45) is 3.75. The summed E-state index contributed by atoms with van der Waals surface area (Å²) < 4.78 is 0. The summed E-state index contributed by atoms with van der Waals surface area (Å²) in [5.74, 6) is 0. The number of rotatable bonds is 3. The minimum Gasteiger partial charge on any atom is -0.299 e. The molecule has 0 heterocycles. The van der Waals surface area contributed by atoms with Gasteiger partial charge in [-0.15, -0.1) is 4.91 Å². The highest BCUT2D eigenvalue weighted by Gasteiger charge is 1.89. The molecular formula is C9H7NO2. The van der Waals surface area contributed by atoms with E-state index < -0.39 is 0 Å². The van der Waals surface area contributed by atoms with E-state index >= 15 is 0 Å². The van der Waals surface area contributed by atoms with Gasteiger partial charge in [0.2, 0.25) is 0 Å². The van der Waals surface area contributed by atoms with Gasteiger partial charge in [0.05, 0.1) is 0 Å². The van der Waals surface area contributed by atoms with Gasteiger partial charge < -0.3 is 0 Å². The fourth-order valence-corrected chi connectivity index (χ4v) is 0.797. The number of nitrogens with zero attached hydrogens (tertiary/aromatic N) is 1. The van der Waals surface area contributed by atoms with Crippen molar-refractivity contribution >= 4 is 18.0 Å². The van der Waals surface area contributed by atoms with Gasteiger partial charge in [-0.25, -0.2) is 0 Å². The molecule has 0 radical (unpaired) electrons. The maximum Gasteiger partial charge on any atom is 0.142 e. The lowest BCUT2D eigenvalue weighted by molar-refractivity contribution is -0.104. The molecule has 0 atom stereocenters. The summed E-state index contributed by atoms with van der Waals surface area (Å²) in [7, 11) is 0. The molecule has 0 saturated carbocycles. The third-order valence-electron chi connectivity index (χ3n) is 1.37. The summed E-state index contributed by atoms with van der Waals surface area (Å²) in [5.41, 5.74) is 1.26. The Balaban J connectivity index is 2.84. The maximum atomic E-state index is 10.0. The molecule has 0 aliphatic heterocycles. The van der Waals surface area contributed by atoms with Gasteiger partial charge in [-0.05, 0) is 28.9 Å². The van der Waals surface area contributed by atoms with Crippen LogP contribution >= 0.6 is 0 Å². The molecule has 3 nitrogen and oxygen atoms in total. The number of allylic oxidation sites excluding steroid dienone is 1. The normalized spacial score (nSPS) is 10.0. The van der Waals surface area contributed by atoms with Crippen LogP contribution in [0.2, 0.25) is 0 Å². The number of carbonyl (C=O) groups is 1. The lowest BCUT2D eigenvalue weighted by Gasteiger charge is -1.90. The standard InChI is InChI=1S/C9H7NO2/c11-7-1-2-8-3-5-9(10-12)6-4-8/h1-7H/b2-1+. The van der Waals surface area contributed by atoms with Gasteiger partial charge in [-0.2, -0.15) is 0 Å². The zero-order chi connectivity index (χ0) is 8.81. The summed E-state index contributed by atoms with van der Waals surface area (Å²) in [4.78, 5) is 20.0. The predicted octanol–water partition coefficient (Wildman–Crippen LogP) is 2.30.